The second-order valence-electron chi connectivity index (χ2n) is 7.43. The summed E-state index contributed by atoms with van der Waals surface area (Å²) in [6, 6.07) is 4.23. The molecule has 1 fully saturated rings. The Morgan fingerprint density at radius 3 is 2.45 bits per heavy atom. The third-order valence-corrected chi connectivity index (χ3v) is 7.86. The minimum absolute atomic E-state index is 0.00597. The van der Waals surface area contributed by atoms with E-state index in [1.807, 2.05) is 0 Å². The topological polar surface area (TPSA) is 96.0 Å². The molecule has 8 nitrogen and oxygen atoms in total. The highest BCUT2D eigenvalue weighted by atomic mass is 35.5. The van der Waals surface area contributed by atoms with Crippen LogP contribution in [0.15, 0.2) is 23.1 Å². The standard InChI is InChI=1S/C21H32ClN3O5S/c1-4-25(5-2)31(28,29)17-7-8-19(22)18(15-17)21(27)24-12-9-16(10-13-24)20(26)23-11-6-14-30-3/h7-8,15-16H,4-6,9-14H2,1-3H3,(H,23,26). The summed E-state index contributed by atoms with van der Waals surface area (Å²) in [4.78, 5) is 27.0. The summed E-state index contributed by atoms with van der Waals surface area (Å²) < 4.78 is 31.9. The summed E-state index contributed by atoms with van der Waals surface area (Å²) >= 11 is 6.24. The van der Waals surface area contributed by atoms with Crippen LogP contribution in [0.5, 0.6) is 0 Å². The minimum Gasteiger partial charge on any atom is -0.385 e. The number of rotatable bonds is 10. The smallest absolute Gasteiger partial charge is 0.255 e. The van der Waals surface area contributed by atoms with E-state index in [0.717, 1.165) is 6.42 Å². The highest BCUT2D eigenvalue weighted by Gasteiger charge is 2.30. The van der Waals surface area contributed by atoms with Crippen molar-refractivity contribution in [2.24, 2.45) is 5.92 Å². The first kappa shape index (κ1) is 25.6. The highest BCUT2D eigenvalue weighted by Crippen LogP contribution is 2.26. The fraction of sp³-hybridized carbons (Fsp3) is 0.619. The molecular weight excluding hydrogens is 442 g/mol. The van der Waals surface area contributed by atoms with Crippen molar-refractivity contribution in [3.8, 4) is 0 Å². The molecule has 31 heavy (non-hydrogen) atoms. The van der Waals surface area contributed by atoms with Crippen molar-refractivity contribution in [1.29, 1.82) is 0 Å². The number of nitrogens with one attached hydrogen (secondary N) is 1. The number of carbonyl (C=O) groups is 2. The predicted octanol–water partition coefficient (Wildman–Crippen LogP) is 2.38. The Hall–Kier alpha value is -1.68. The zero-order chi connectivity index (χ0) is 23.0. The maximum absolute atomic E-state index is 13.0. The first-order valence-electron chi connectivity index (χ1n) is 10.6. The van der Waals surface area contributed by atoms with Crippen LogP contribution in [0.2, 0.25) is 5.02 Å². The summed E-state index contributed by atoms with van der Waals surface area (Å²) in [6.45, 7) is 6.20. The molecule has 2 rings (SSSR count). The molecule has 1 N–H and O–H groups in total. The predicted molar refractivity (Wildman–Crippen MR) is 120 cm³/mol. The maximum atomic E-state index is 13.0. The summed E-state index contributed by atoms with van der Waals surface area (Å²) in [5.41, 5.74) is 0.164. The van der Waals surface area contributed by atoms with Crippen LogP contribution in [-0.2, 0) is 19.6 Å². The van der Waals surface area contributed by atoms with Crippen LogP contribution < -0.4 is 5.32 Å². The Morgan fingerprint density at radius 1 is 1.23 bits per heavy atom. The Labute approximate surface area is 189 Å². The number of hydrogen-bond donors (Lipinski definition) is 1. The van der Waals surface area contributed by atoms with Gasteiger partial charge in [0.2, 0.25) is 15.9 Å². The van der Waals surface area contributed by atoms with E-state index in [0.29, 0.717) is 52.2 Å². The molecule has 1 heterocycles. The lowest BCUT2D eigenvalue weighted by Gasteiger charge is -2.31. The maximum Gasteiger partial charge on any atom is 0.255 e. The second kappa shape index (κ2) is 11.8. The van der Waals surface area contributed by atoms with Crippen LogP contribution in [0.4, 0.5) is 0 Å². The van der Waals surface area contributed by atoms with Crippen molar-refractivity contribution >= 4 is 33.4 Å². The molecule has 1 aliphatic heterocycles. The Bertz CT molecular complexity index is 866. The van der Waals surface area contributed by atoms with Crippen molar-refractivity contribution in [2.45, 2.75) is 38.0 Å². The molecule has 0 atom stereocenters. The van der Waals surface area contributed by atoms with Crippen molar-refractivity contribution in [3.63, 3.8) is 0 Å². The van der Waals surface area contributed by atoms with Gasteiger partial charge in [-0.15, -0.1) is 0 Å². The molecule has 0 bridgehead atoms. The van der Waals surface area contributed by atoms with Gasteiger partial charge in [0.05, 0.1) is 15.5 Å². The zero-order valence-electron chi connectivity index (χ0n) is 18.4. The van der Waals surface area contributed by atoms with Gasteiger partial charge in [-0.05, 0) is 37.5 Å². The van der Waals surface area contributed by atoms with Crippen LogP contribution >= 0.6 is 11.6 Å². The van der Waals surface area contributed by atoms with Gasteiger partial charge in [-0.2, -0.15) is 4.31 Å². The number of methoxy groups -OCH3 is 1. The first-order valence-corrected chi connectivity index (χ1v) is 12.4. The van der Waals surface area contributed by atoms with Gasteiger partial charge in [0, 0.05) is 52.4 Å². The molecule has 10 heteroatoms. The number of piperidine rings is 1. The molecule has 1 aromatic carbocycles. The molecule has 2 amide bonds. The fourth-order valence-electron chi connectivity index (χ4n) is 3.63. The van der Waals surface area contributed by atoms with Gasteiger partial charge in [-0.1, -0.05) is 25.4 Å². The lowest BCUT2D eigenvalue weighted by atomic mass is 9.95. The van der Waals surface area contributed by atoms with E-state index >= 15 is 0 Å². The fourth-order valence-corrected chi connectivity index (χ4v) is 5.31. The number of sulfonamides is 1. The van der Waals surface area contributed by atoms with E-state index in [9.17, 15) is 18.0 Å². The average Bonchev–Trinajstić information content (AvgIpc) is 2.77. The molecule has 0 spiro atoms. The van der Waals surface area contributed by atoms with Crippen LogP contribution in [0, 0.1) is 5.92 Å². The molecule has 0 aromatic heterocycles. The third kappa shape index (κ3) is 6.41. The molecule has 1 saturated heterocycles. The Kier molecular flexibility index (Phi) is 9.74. The van der Waals surface area contributed by atoms with E-state index < -0.39 is 10.0 Å². The quantitative estimate of drug-likeness (QED) is 0.526. The van der Waals surface area contributed by atoms with Crippen LogP contribution in [0.3, 0.4) is 0 Å². The number of carbonyl (C=O) groups excluding carboxylic acids is 2. The molecule has 1 aromatic rings. The van der Waals surface area contributed by atoms with Crippen LogP contribution in [-0.4, -0.2) is 75.9 Å². The van der Waals surface area contributed by atoms with Gasteiger partial charge >= 0.3 is 0 Å². The van der Waals surface area contributed by atoms with Crippen LogP contribution in [0.25, 0.3) is 0 Å². The van der Waals surface area contributed by atoms with Crippen molar-refractivity contribution in [2.75, 3.05) is 46.4 Å². The van der Waals surface area contributed by atoms with E-state index in [-0.39, 0.29) is 33.2 Å². The third-order valence-electron chi connectivity index (χ3n) is 5.49. The molecule has 0 unspecified atom stereocenters. The summed E-state index contributed by atoms with van der Waals surface area (Å²) in [5, 5.41) is 3.11. The lowest BCUT2D eigenvalue weighted by molar-refractivity contribution is -0.126. The van der Waals surface area contributed by atoms with Gasteiger partial charge in [0.1, 0.15) is 0 Å². The van der Waals surface area contributed by atoms with Gasteiger partial charge < -0.3 is 15.0 Å². The summed E-state index contributed by atoms with van der Waals surface area (Å²) in [7, 11) is -2.08. The average molecular weight is 474 g/mol. The number of nitrogens with zero attached hydrogens (tertiary/aromatic N) is 2. The van der Waals surface area contributed by atoms with Crippen molar-refractivity contribution in [3.05, 3.63) is 28.8 Å². The normalized spacial score (nSPS) is 15.3. The molecule has 0 saturated carbocycles. The number of likely N-dealkylation sites (tertiary alicyclic amines) is 1. The zero-order valence-corrected chi connectivity index (χ0v) is 20.0. The van der Waals surface area contributed by atoms with Gasteiger partial charge in [0.15, 0.2) is 0 Å². The Balaban J connectivity index is 2.05. The van der Waals surface area contributed by atoms with Crippen molar-refractivity contribution < 1.29 is 22.7 Å². The van der Waals surface area contributed by atoms with Gasteiger partial charge in [-0.3, -0.25) is 9.59 Å². The molecule has 1 aliphatic rings. The van der Waals surface area contributed by atoms with Crippen molar-refractivity contribution in [1.82, 2.24) is 14.5 Å². The number of amides is 2. The van der Waals surface area contributed by atoms with E-state index in [2.05, 4.69) is 5.32 Å². The number of hydrogen-bond acceptors (Lipinski definition) is 5. The van der Waals surface area contributed by atoms with Gasteiger partial charge in [-0.25, -0.2) is 8.42 Å². The largest absolute Gasteiger partial charge is 0.385 e. The minimum atomic E-state index is -3.70. The van der Waals surface area contributed by atoms with E-state index in [1.165, 1.54) is 22.5 Å². The van der Waals surface area contributed by atoms with E-state index in [4.69, 9.17) is 16.3 Å². The highest BCUT2D eigenvalue weighted by molar-refractivity contribution is 7.89. The molecule has 174 valence electrons. The molecule has 0 radical (unpaired) electrons. The number of ether oxygens (including phenoxy) is 1. The first-order chi connectivity index (χ1) is 14.8. The number of halogens is 1. The second-order valence-corrected chi connectivity index (χ2v) is 9.78. The summed E-state index contributed by atoms with van der Waals surface area (Å²) in [6.07, 6.45) is 1.86. The SMILES string of the molecule is CCN(CC)S(=O)(=O)c1ccc(Cl)c(C(=O)N2CCC(C(=O)NCCCOC)CC2)c1. The lowest BCUT2D eigenvalue weighted by Crippen LogP contribution is -2.43. The molecule has 0 aliphatic carbocycles. The van der Waals surface area contributed by atoms with Gasteiger partial charge in [0.25, 0.3) is 5.91 Å². The van der Waals surface area contributed by atoms with Crippen LogP contribution in [0.1, 0.15) is 43.5 Å². The summed E-state index contributed by atoms with van der Waals surface area (Å²) in [5.74, 6) is -0.467. The van der Waals surface area contributed by atoms with E-state index in [1.54, 1.807) is 25.9 Å². The Morgan fingerprint density at radius 2 is 1.87 bits per heavy atom. The monoisotopic (exact) mass is 473 g/mol. The molecular formula is C21H32ClN3O5S. The number of benzene rings is 1.